The van der Waals surface area contributed by atoms with Gasteiger partial charge in [0, 0.05) is 43.4 Å². The number of thiophene rings is 1. The molecular weight excluding hydrogens is 711 g/mol. The number of aromatic nitrogens is 3. The van der Waals surface area contributed by atoms with Crippen LogP contribution in [0.15, 0.2) is 158 Å². The largest absolute Gasteiger partial charge is 0.292 e. The van der Waals surface area contributed by atoms with Gasteiger partial charge in [0.25, 0.3) is 0 Å². The zero-order valence-corrected chi connectivity index (χ0v) is 34.6. The third-order valence-corrected chi connectivity index (χ3v) is 12.2. The molecule has 9 aromatic rings. The summed E-state index contributed by atoms with van der Waals surface area (Å²) in [6, 6.07) is 55.1. The molecule has 9 rings (SSSR count). The number of fused-ring (bicyclic) bond motifs is 2. The van der Waals surface area contributed by atoms with Gasteiger partial charge in [0.2, 0.25) is 0 Å². The summed E-state index contributed by atoms with van der Waals surface area (Å²) in [4.78, 5) is 11.9. The van der Waals surface area contributed by atoms with Crippen molar-refractivity contribution in [3.05, 3.63) is 174 Å². The zero-order chi connectivity index (χ0) is 39.5. The molecule has 3 heterocycles. The minimum Gasteiger partial charge on any atom is -0.292 e. The summed E-state index contributed by atoms with van der Waals surface area (Å²) in [7, 11) is 0. The fourth-order valence-corrected chi connectivity index (χ4v) is 9.06. The number of hydrogen-bond acceptors (Lipinski definition) is 3. The van der Waals surface area contributed by atoms with E-state index in [4.69, 9.17) is 9.97 Å². The highest BCUT2D eigenvalue weighted by molar-refractivity contribution is 7.19. The fourth-order valence-electron chi connectivity index (χ4n) is 8.00. The second-order valence-corrected chi connectivity index (χ2v) is 18.4. The van der Waals surface area contributed by atoms with Crippen LogP contribution in [-0.4, -0.2) is 14.5 Å². The van der Waals surface area contributed by atoms with E-state index < -0.39 is 0 Å². The minimum absolute atomic E-state index is 0.0134. The Labute approximate surface area is 340 Å². The molecule has 0 fully saturated rings. The topological polar surface area (TPSA) is 30.7 Å². The van der Waals surface area contributed by atoms with Gasteiger partial charge in [-0.3, -0.25) is 9.55 Å². The Morgan fingerprint density at radius 1 is 0.526 bits per heavy atom. The van der Waals surface area contributed by atoms with Gasteiger partial charge in [0.05, 0.1) is 22.4 Å². The van der Waals surface area contributed by atoms with Crippen molar-refractivity contribution < 1.29 is 0 Å². The summed E-state index contributed by atoms with van der Waals surface area (Å²) in [6.45, 7) is 16.0. The summed E-state index contributed by atoms with van der Waals surface area (Å²) in [5, 5.41) is 1.23. The lowest BCUT2D eigenvalue weighted by atomic mass is 9.83. The lowest BCUT2D eigenvalue weighted by Crippen LogP contribution is -2.12. The molecule has 0 radical (unpaired) electrons. The first-order valence-electron chi connectivity index (χ1n) is 19.8. The van der Waals surface area contributed by atoms with E-state index in [0.717, 1.165) is 50.5 Å². The van der Waals surface area contributed by atoms with E-state index in [2.05, 4.69) is 205 Å². The van der Waals surface area contributed by atoms with Crippen molar-refractivity contribution in [1.29, 1.82) is 0 Å². The average Bonchev–Trinajstić information content (AvgIpc) is 3.77. The zero-order valence-electron chi connectivity index (χ0n) is 33.8. The number of benzene rings is 6. The summed E-state index contributed by atoms with van der Waals surface area (Å²) in [5.74, 6) is 0.956. The third kappa shape index (κ3) is 6.79. The van der Waals surface area contributed by atoms with Crippen LogP contribution in [0.3, 0.4) is 0 Å². The molecule has 0 saturated heterocycles. The maximum absolute atomic E-state index is 5.73. The van der Waals surface area contributed by atoms with Crippen LogP contribution in [0.4, 0.5) is 0 Å². The van der Waals surface area contributed by atoms with E-state index >= 15 is 0 Å². The van der Waals surface area contributed by atoms with Gasteiger partial charge >= 0.3 is 0 Å². The van der Waals surface area contributed by atoms with Gasteiger partial charge in [-0.1, -0.05) is 145 Å². The number of rotatable bonds is 6. The van der Waals surface area contributed by atoms with E-state index in [1.807, 2.05) is 17.5 Å². The molecule has 3 aromatic heterocycles. The van der Waals surface area contributed by atoms with Crippen LogP contribution in [-0.2, 0) is 10.8 Å². The molecule has 3 nitrogen and oxygen atoms in total. The Hall–Kier alpha value is -6.10. The number of imidazole rings is 1. The first kappa shape index (κ1) is 36.5. The molecule has 6 aromatic carbocycles. The molecule has 57 heavy (non-hydrogen) atoms. The van der Waals surface area contributed by atoms with Gasteiger partial charge in [-0.25, -0.2) is 4.98 Å². The van der Waals surface area contributed by atoms with E-state index in [9.17, 15) is 0 Å². The van der Waals surface area contributed by atoms with Crippen molar-refractivity contribution in [2.24, 2.45) is 0 Å². The number of para-hydroxylation sites is 1. The normalized spacial score (nSPS) is 12.1. The summed E-state index contributed by atoms with van der Waals surface area (Å²) >= 11 is 1.84. The molecular formula is C53H47N3S. The number of aryl methyl sites for hydroxylation is 1. The van der Waals surface area contributed by atoms with Crippen LogP contribution in [0.5, 0.6) is 0 Å². The van der Waals surface area contributed by atoms with Gasteiger partial charge in [-0.15, -0.1) is 11.3 Å². The van der Waals surface area contributed by atoms with Gasteiger partial charge < -0.3 is 0 Å². The molecule has 4 heteroatoms. The van der Waals surface area contributed by atoms with E-state index in [1.165, 1.54) is 48.3 Å². The molecule has 0 saturated carbocycles. The molecule has 0 aliphatic heterocycles. The quantitative estimate of drug-likeness (QED) is 0.169. The first-order chi connectivity index (χ1) is 27.4. The summed E-state index contributed by atoms with van der Waals surface area (Å²) in [5.41, 5.74) is 15.8. The smallest absolute Gasteiger partial charge is 0.147 e. The molecule has 0 N–H and O–H groups in total. The molecule has 0 bridgehead atoms. The second kappa shape index (κ2) is 14.1. The van der Waals surface area contributed by atoms with Crippen LogP contribution < -0.4 is 0 Å². The average molecular weight is 758 g/mol. The van der Waals surface area contributed by atoms with E-state index in [-0.39, 0.29) is 10.8 Å². The second-order valence-electron chi connectivity index (χ2n) is 17.2. The molecule has 0 atom stereocenters. The Balaban J connectivity index is 1.33. The molecule has 280 valence electrons. The number of nitrogens with zero attached hydrogens (tertiary/aromatic N) is 3. The lowest BCUT2D eigenvalue weighted by Gasteiger charge is -2.23. The van der Waals surface area contributed by atoms with Crippen LogP contribution >= 0.6 is 11.3 Å². The standard InChI is InChI=1S/C53H47N3S/c1-34-49(43-21-14-15-24-48(43)57-34)51-55-50-42(22-16-23-47(50)56(51)46-26-25-40(52(2,3)4)33-44(46)36-19-12-9-13-20-36)38-29-39(31-41(30-38)53(5,6)7)45-32-37(27-28-54-45)35-17-10-8-11-18-35/h8-33H,1-7H3. The predicted molar refractivity (Wildman–Crippen MR) is 244 cm³/mol. The Kier molecular flexibility index (Phi) is 9.06. The van der Waals surface area contributed by atoms with E-state index in [0.29, 0.717) is 0 Å². The Morgan fingerprint density at radius 2 is 1.21 bits per heavy atom. The van der Waals surface area contributed by atoms with Crippen LogP contribution in [0, 0.1) is 6.92 Å². The van der Waals surface area contributed by atoms with Crippen molar-refractivity contribution in [3.63, 3.8) is 0 Å². The molecule has 0 amide bonds. The highest BCUT2D eigenvalue weighted by Gasteiger charge is 2.26. The van der Waals surface area contributed by atoms with Crippen LogP contribution in [0.25, 0.3) is 82.8 Å². The van der Waals surface area contributed by atoms with Crippen molar-refractivity contribution in [1.82, 2.24) is 14.5 Å². The number of pyridine rings is 1. The molecule has 0 unspecified atom stereocenters. The van der Waals surface area contributed by atoms with Crippen LogP contribution in [0.1, 0.15) is 57.5 Å². The lowest BCUT2D eigenvalue weighted by molar-refractivity contribution is 0.590. The maximum Gasteiger partial charge on any atom is 0.147 e. The third-order valence-electron chi connectivity index (χ3n) is 11.1. The summed E-state index contributed by atoms with van der Waals surface area (Å²) in [6.07, 6.45) is 1.93. The van der Waals surface area contributed by atoms with Crippen molar-refractivity contribution >= 4 is 32.5 Å². The predicted octanol–water partition coefficient (Wildman–Crippen LogP) is 14.9. The van der Waals surface area contributed by atoms with Crippen molar-refractivity contribution in [2.45, 2.75) is 59.3 Å². The van der Waals surface area contributed by atoms with Gasteiger partial charge in [0.15, 0.2) is 0 Å². The van der Waals surface area contributed by atoms with E-state index in [1.54, 1.807) is 0 Å². The van der Waals surface area contributed by atoms with Crippen molar-refractivity contribution in [3.8, 4) is 61.7 Å². The monoisotopic (exact) mass is 757 g/mol. The van der Waals surface area contributed by atoms with Crippen molar-refractivity contribution in [2.75, 3.05) is 0 Å². The Bertz CT molecular complexity index is 2920. The minimum atomic E-state index is -0.0910. The van der Waals surface area contributed by atoms with Crippen LogP contribution in [0.2, 0.25) is 0 Å². The summed E-state index contributed by atoms with van der Waals surface area (Å²) < 4.78 is 3.69. The fraction of sp³-hybridized carbons (Fsp3) is 0.170. The highest BCUT2D eigenvalue weighted by atomic mass is 32.1. The molecule has 0 spiro atoms. The SMILES string of the molecule is Cc1sc2ccccc2c1-c1nc2c(-c3cc(-c4cc(-c5ccccc5)ccn4)cc(C(C)(C)C)c3)cccc2n1-c1ccc(C(C)(C)C)cc1-c1ccccc1. The van der Waals surface area contributed by atoms with Gasteiger partial charge in [-0.2, -0.15) is 0 Å². The van der Waals surface area contributed by atoms with Gasteiger partial charge in [-0.05, 0) is 99.7 Å². The first-order valence-corrected chi connectivity index (χ1v) is 20.6. The molecule has 0 aliphatic carbocycles. The highest BCUT2D eigenvalue weighted by Crippen LogP contribution is 2.44. The maximum atomic E-state index is 5.73. The molecule has 0 aliphatic rings. The Morgan fingerprint density at radius 3 is 1.95 bits per heavy atom. The van der Waals surface area contributed by atoms with Gasteiger partial charge in [0.1, 0.15) is 5.82 Å². The number of hydrogen-bond donors (Lipinski definition) is 0.